The number of ether oxygens (including phenoxy) is 8. The average Bonchev–Trinajstić information content (AvgIpc) is 4.08. The Morgan fingerprint density at radius 1 is 0.851 bits per heavy atom. The molecule has 14 N–H and O–H groups in total. The zero-order valence-corrected chi connectivity index (χ0v) is 40.4. The number of aromatic nitrogens is 1. The van der Waals surface area contributed by atoms with E-state index in [1.807, 2.05) is 0 Å². The predicted octanol–water partition coefficient (Wildman–Crippen LogP) is -3.14. The molecule has 3 fully saturated rings. The lowest BCUT2D eigenvalue weighted by molar-refractivity contribution is -0.277. The number of carbonyl (C=O) groups excluding carboxylic acids is 3. The van der Waals surface area contributed by atoms with Crippen molar-refractivity contribution in [2.45, 2.75) is 125 Å². The molecular weight excluding hydrogens is 910 g/mol. The maximum atomic E-state index is 11.3. The number of aliphatic hydroxyl groups excluding tert-OH is 4. The number of unbranched alkanes of at least 4 members (excludes halogenated alkanes) is 2. The third kappa shape index (κ3) is 24.4. The second-order valence-corrected chi connectivity index (χ2v) is 14.7. The number of aliphatic hydroxyl groups is 6. The van der Waals surface area contributed by atoms with Crippen LogP contribution in [0, 0.1) is 0 Å². The first-order chi connectivity index (χ1) is 31.9. The number of allylic oxidation sites excluding steroid dienone is 1. The van der Waals surface area contributed by atoms with E-state index in [2.05, 4.69) is 35.2 Å². The number of methoxy groups -OCH3 is 5. The third-order valence-corrected chi connectivity index (χ3v) is 9.66. The molecule has 4 aliphatic rings. The van der Waals surface area contributed by atoms with Crippen molar-refractivity contribution in [3.63, 3.8) is 0 Å². The Labute approximate surface area is 397 Å². The van der Waals surface area contributed by atoms with E-state index in [0.717, 1.165) is 44.7 Å². The number of nitrogens with zero attached hydrogens (tertiary/aromatic N) is 2. The molecule has 0 bridgehead atoms. The van der Waals surface area contributed by atoms with E-state index >= 15 is 0 Å². The number of nitrogens with two attached hydrogens (primary N) is 2. The molecule has 1 aromatic heterocycles. The predicted molar refractivity (Wildman–Crippen MR) is 245 cm³/mol. The van der Waals surface area contributed by atoms with Crippen molar-refractivity contribution in [2.75, 3.05) is 67.3 Å². The van der Waals surface area contributed by atoms with E-state index < -0.39 is 48.9 Å². The molecule has 4 aliphatic heterocycles. The fourth-order valence-corrected chi connectivity index (χ4v) is 6.29. The van der Waals surface area contributed by atoms with Gasteiger partial charge in [-0.05, 0) is 57.3 Å². The molecule has 25 nitrogen and oxygen atoms in total. The van der Waals surface area contributed by atoms with Crippen LogP contribution in [0.5, 0.6) is 5.88 Å². The van der Waals surface area contributed by atoms with E-state index in [4.69, 9.17) is 66.5 Å². The second-order valence-electron chi connectivity index (χ2n) is 14.7. The molecule has 1 aromatic rings. The summed E-state index contributed by atoms with van der Waals surface area (Å²) in [4.78, 5) is 32.9. The zero-order valence-electron chi connectivity index (χ0n) is 40.0. The minimum Gasteiger partial charge on any atom is -0.493 e. The molecule has 0 aromatic carbocycles. The first-order valence-corrected chi connectivity index (χ1v) is 20.8. The van der Waals surface area contributed by atoms with Crippen LogP contribution in [0.1, 0.15) is 57.8 Å². The molecule has 2 radical (unpaired) electrons. The fraction of sp³-hybridized carbons (Fsp3) is 0.725. The largest absolute Gasteiger partial charge is 0.493 e. The van der Waals surface area contributed by atoms with Crippen molar-refractivity contribution in [1.82, 2.24) is 15.1 Å². The molecule has 27 heteroatoms. The summed E-state index contributed by atoms with van der Waals surface area (Å²) in [7, 11) is 11.3. The second kappa shape index (κ2) is 36.9. The number of hydrogen-bond acceptors (Lipinski definition) is 23. The number of aldehydes is 2. The van der Waals surface area contributed by atoms with Gasteiger partial charge in [-0.15, -0.1) is 0 Å². The van der Waals surface area contributed by atoms with Crippen molar-refractivity contribution < 1.29 is 93.1 Å². The highest BCUT2D eigenvalue weighted by Gasteiger charge is 2.48. The highest BCUT2D eigenvalue weighted by molar-refractivity contribution is 6.92. The van der Waals surface area contributed by atoms with Gasteiger partial charge in [-0.25, -0.2) is 15.1 Å². The first-order valence-electron chi connectivity index (χ1n) is 21.2. The molecule has 5 heterocycles. The van der Waals surface area contributed by atoms with Crippen LogP contribution >= 0.6 is 9.90 Å². The lowest BCUT2D eigenvalue weighted by atomic mass is 10.1. The summed E-state index contributed by atoms with van der Waals surface area (Å²) in [5, 5.41) is 68.7. The van der Waals surface area contributed by atoms with Crippen LogP contribution in [0.2, 0.25) is 0 Å². The lowest BCUT2D eigenvalue weighted by Gasteiger charge is -2.26. The summed E-state index contributed by atoms with van der Waals surface area (Å²) >= 11 is 0. The highest BCUT2D eigenvalue weighted by Crippen LogP contribution is 2.30. The molecule has 3 saturated heterocycles. The van der Waals surface area contributed by atoms with Crippen LogP contribution in [0.4, 0.5) is 0 Å². The van der Waals surface area contributed by atoms with Gasteiger partial charge in [-0.3, -0.25) is 4.79 Å². The Kier molecular flexibility index (Phi) is 35.2. The van der Waals surface area contributed by atoms with Crippen LogP contribution < -0.4 is 22.3 Å². The SMILES string of the molecule is C=C1C=CC(=O)N1N[C@H](C=O)CCCCN.COC1CC(O)OC1O.COC[C@@]1(O)OC(O)CC1OC.COC[C@@]1(O)OC(O)CC1OC.NCCCC[C@@H](C=O)Nn1cccc1O.P.[2H]O[B]. The molecule has 8 unspecified atom stereocenters. The number of rotatable bonds is 21. The summed E-state index contributed by atoms with van der Waals surface area (Å²) in [6, 6.07) is 2.60. The Morgan fingerprint density at radius 3 is 1.64 bits per heavy atom. The van der Waals surface area contributed by atoms with Gasteiger partial charge < -0.3 is 105 Å². The zero-order chi connectivity index (χ0) is 51.0. The van der Waals surface area contributed by atoms with E-state index in [0.29, 0.717) is 31.6 Å². The van der Waals surface area contributed by atoms with Crippen molar-refractivity contribution in [1.29, 1.82) is 1.43 Å². The smallest absolute Gasteiger partial charge is 0.277 e. The Bertz CT molecular complexity index is 1480. The molecule has 0 saturated carbocycles. The topological polar surface area (TPSA) is 371 Å². The van der Waals surface area contributed by atoms with Crippen molar-refractivity contribution in [3.05, 3.63) is 42.8 Å². The van der Waals surface area contributed by atoms with Crippen LogP contribution in [-0.2, 0) is 52.3 Å². The standard InChI is InChI=1S/C11H17N3O2.C10H17N3O2.2C7H14O5.C5H10O4.BHO.H3P/c1-9-5-6-11(16)14(9)13-10(8-15)4-2-3-7-12;11-6-2-1-4-9(8-14)12-13-7-3-5-10(13)15;2*1-10-4-7(9)5(11-2)3-6(8)12-7;1-8-3-2-4(6)9-5(3)7;1-2;/h5-6,8,10,13H,1-4,7,12H2;3,5,7-9,12,15H,1-2,4,6,11H2;2*5-6,8-9H,3-4H2,1-2H3;3-7H,2H2,1H3;2H;1H3/t10-;9-;2*5?,6?,7-;;;/m0011.../s1/i;;;;;2D;. The summed E-state index contributed by atoms with van der Waals surface area (Å²) in [5.41, 5.74) is 17.0. The first kappa shape index (κ1) is 63.9. The molecular formula is C40H76BN6O19P. The van der Waals surface area contributed by atoms with Gasteiger partial charge in [0, 0.05) is 73.2 Å². The van der Waals surface area contributed by atoms with Crippen molar-refractivity contribution in [3.8, 4) is 5.88 Å². The quantitative estimate of drug-likeness (QED) is 0.0251. The Balaban J connectivity index is 0. The number of carbonyl (C=O) groups is 3. The molecule has 1 amide bonds. The molecule has 0 spiro atoms. The van der Waals surface area contributed by atoms with Gasteiger partial charge in [0.05, 0.1) is 17.8 Å². The Hall–Kier alpha value is -3.06. The van der Waals surface area contributed by atoms with Gasteiger partial charge in [-0.1, -0.05) is 13.0 Å². The fourth-order valence-electron chi connectivity index (χ4n) is 6.29. The third-order valence-electron chi connectivity index (χ3n) is 9.66. The van der Waals surface area contributed by atoms with Crippen LogP contribution in [-0.4, -0.2) is 207 Å². The number of aromatic hydroxyl groups is 1. The molecule has 12 atom stereocenters. The number of nitrogens with one attached hydrogen (secondary N) is 2. The van der Waals surface area contributed by atoms with Gasteiger partial charge in [0.1, 0.15) is 44.1 Å². The highest BCUT2D eigenvalue weighted by atomic mass is 31.0. The maximum absolute atomic E-state index is 11.3. The van der Waals surface area contributed by atoms with Crippen LogP contribution in [0.25, 0.3) is 0 Å². The van der Waals surface area contributed by atoms with E-state index in [1.165, 1.54) is 51.3 Å². The number of amides is 1. The van der Waals surface area contributed by atoms with Gasteiger partial charge in [-0.2, -0.15) is 9.90 Å². The normalized spacial score (nSPS) is 28.0. The summed E-state index contributed by atoms with van der Waals surface area (Å²) in [6.07, 6.45) is 6.88. The molecule has 5 rings (SSSR count). The minimum atomic E-state index is -1.51. The minimum absolute atomic E-state index is 0. The lowest BCUT2D eigenvalue weighted by Crippen LogP contribution is -2.45. The summed E-state index contributed by atoms with van der Waals surface area (Å²) < 4.78 is 45.3. The van der Waals surface area contributed by atoms with E-state index in [9.17, 15) is 29.7 Å². The monoisotopic (exact) mass is 988 g/mol. The van der Waals surface area contributed by atoms with E-state index in [1.54, 1.807) is 24.4 Å². The molecule has 0 aliphatic carbocycles. The number of hydrogen-bond donors (Lipinski definition) is 12. The molecule has 388 valence electrons. The van der Waals surface area contributed by atoms with E-state index in [-0.39, 0.29) is 65.9 Å². The maximum Gasteiger partial charge on any atom is 0.277 e. The van der Waals surface area contributed by atoms with Gasteiger partial charge >= 0.3 is 0 Å². The average molecular weight is 988 g/mol. The van der Waals surface area contributed by atoms with Crippen LogP contribution in [0.3, 0.4) is 0 Å². The van der Waals surface area contributed by atoms with Gasteiger partial charge in [0.15, 0.2) is 26.6 Å². The van der Waals surface area contributed by atoms with Gasteiger partial charge in [0.2, 0.25) is 17.5 Å². The summed E-state index contributed by atoms with van der Waals surface area (Å²) in [6.45, 7) is 4.92. The Morgan fingerprint density at radius 2 is 1.33 bits per heavy atom. The van der Waals surface area contributed by atoms with Crippen molar-refractivity contribution in [2.24, 2.45) is 11.5 Å². The molecule has 67 heavy (non-hydrogen) atoms. The number of hydrazine groups is 1. The van der Waals surface area contributed by atoms with Gasteiger partial charge in [0.25, 0.3) is 14.0 Å². The summed E-state index contributed by atoms with van der Waals surface area (Å²) in [5.74, 6) is -3.12. The van der Waals surface area contributed by atoms with Crippen LogP contribution in [0.15, 0.2) is 42.8 Å². The van der Waals surface area contributed by atoms with Crippen molar-refractivity contribution >= 4 is 36.4 Å².